The standard InChI is InChI=1S/C48H38/c1-7-19-35(20-8-1)43-31-41(32-44(43)36-21-9-2-10-22-36)47(39-27-15-5-16-28-39)48(40-29-17-6-18-30-40)42-33-45(37-23-11-3-12-24-37)46(34-42)38-25-13-4-14-26-38/h1-34,41-42,47-48H/t47-,48+. The molecule has 0 bridgehead atoms. The van der Waals surface area contributed by atoms with Crippen LogP contribution in [0.15, 0.2) is 206 Å². The maximum atomic E-state index is 2.55. The fourth-order valence-electron chi connectivity index (χ4n) is 7.81. The van der Waals surface area contributed by atoms with E-state index in [1.54, 1.807) is 0 Å². The fourth-order valence-corrected chi connectivity index (χ4v) is 7.81. The predicted octanol–water partition coefficient (Wildman–Crippen LogP) is 12.1. The smallest absolute Gasteiger partial charge is 0.00404 e. The topological polar surface area (TPSA) is 0 Å². The minimum absolute atomic E-state index is 0.186. The zero-order valence-electron chi connectivity index (χ0n) is 26.9. The molecule has 0 unspecified atom stereocenters. The zero-order valence-corrected chi connectivity index (χ0v) is 26.9. The van der Waals surface area contributed by atoms with E-state index in [1.165, 1.54) is 55.7 Å². The van der Waals surface area contributed by atoms with Crippen LogP contribution in [0, 0.1) is 11.8 Å². The summed E-state index contributed by atoms with van der Waals surface area (Å²) in [7, 11) is 0. The molecule has 230 valence electrons. The highest BCUT2D eigenvalue weighted by atomic mass is 14.4. The van der Waals surface area contributed by atoms with Gasteiger partial charge in [-0.2, -0.15) is 0 Å². The van der Waals surface area contributed by atoms with Crippen LogP contribution in [0.1, 0.15) is 45.2 Å². The molecule has 0 amide bonds. The molecule has 6 aromatic rings. The van der Waals surface area contributed by atoms with Crippen molar-refractivity contribution in [3.63, 3.8) is 0 Å². The summed E-state index contributed by atoms with van der Waals surface area (Å²) in [6, 6.07) is 66.0. The lowest BCUT2D eigenvalue weighted by atomic mass is 9.69. The highest BCUT2D eigenvalue weighted by molar-refractivity contribution is 6.08. The van der Waals surface area contributed by atoms with Gasteiger partial charge in [-0.15, -0.1) is 0 Å². The summed E-state index contributed by atoms with van der Waals surface area (Å²) in [6.07, 6.45) is 10.2. The van der Waals surface area contributed by atoms with E-state index >= 15 is 0 Å². The summed E-state index contributed by atoms with van der Waals surface area (Å²) >= 11 is 0. The summed E-state index contributed by atoms with van der Waals surface area (Å²) in [5.41, 5.74) is 13.0. The molecule has 6 aromatic carbocycles. The maximum absolute atomic E-state index is 2.55. The van der Waals surface area contributed by atoms with Crippen LogP contribution in [0.5, 0.6) is 0 Å². The molecule has 0 aliphatic heterocycles. The number of benzene rings is 6. The van der Waals surface area contributed by atoms with E-state index in [1.807, 2.05) is 0 Å². The van der Waals surface area contributed by atoms with Gasteiger partial charge >= 0.3 is 0 Å². The monoisotopic (exact) mass is 614 g/mol. The predicted molar refractivity (Wildman–Crippen MR) is 203 cm³/mol. The summed E-state index contributed by atoms with van der Waals surface area (Å²) in [5.74, 6) is 0.757. The Labute approximate surface area is 284 Å². The van der Waals surface area contributed by atoms with Crippen molar-refractivity contribution in [3.8, 4) is 0 Å². The van der Waals surface area contributed by atoms with E-state index in [-0.39, 0.29) is 23.7 Å². The van der Waals surface area contributed by atoms with Crippen molar-refractivity contribution in [2.75, 3.05) is 0 Å². The molecule has 2 aliphatic rings. The number of hydrogen-bond donors (Lipinski definition) is 0. The van der Waals surface area contributed by atoms with Crippen molar-refractivity contribution in [3.05, 3.63) is 240 Å². The van der Waals surface area contributed by atoms with Gasteiger partial charge in [0.1, 0.15) is 0 Å². The molecule has 0 radical (unpaired) electrons. The summed E-state index contributed by atoms with van der Waals surface area (Å²) < 4.78 is 0. The second kappa shape index (κ2) is 13.6. The number of hydrogen-bond acceptors (Lipinski definition) is 0. The highest BCUT2D eigenvalue weighted by Crippen LogP contribution is 2.53. The van der Waals surface area contributed by atoms with Gasteiger partial charge in [0.05, 0.1) is 0 Å². The zero-order chi connectivity index (χ0) is 32.1. The van der Waals surface area contributed by atoms with E-state index in [0.717, 1.165) is 0 Å². The van der Waals surface area contributed by atoms with Gasteiger partial charge in [-0.3, -0.25) is 0 Å². The van der Waals surface area contributed by atoms with Gasteiger partial charge in [-0.1, -0.05) is 206 Å². The second-order valence-electron chi connectivity index (χ2n) is 12.8. The van der Waals surface area contributed by atoms with Crippen LogP contribution < -0.4 is 0 Å². The van der Waals surface area contributed by atoms with Crippen LogP contribution >= 0.6 is 0 Å². The lowest BCUT2D eigenvalue weighted by Crippen LogP contribution is -2.22. The van der Waals surface area contributed by atoms with Crippen molar-refractivity contribution >= 4 is 22.3 Å². The molecular formula is C48H38. The lowest BCUT2D eigenvalue weighted by molar-refractivity contribution is 0.438. The minimum atomic E-state index is 0.186. The van der Waals surface area contributed by atoms with Crippen LogP contribution in [-0.2, 0) is 0 Å². The number of allylic oxidation sites excluding steroid dienone is 8. The van der Waals surface area contributed by atoms with E-state index in [4.69, 9.17) is 0 Å². The first kappa shape index (κ1) is 29.7. The summed E-state index contributed by atoms with van der Waals surface area (Å²) in [6.45, 7) is 0. The SMILES string of the molecule is C1=C(c2ccccc2)C(c2ccccc2)=CC1[C@@H](c1ccccc1)[C@@H](c1ccccc1)C1C=C(c2ccccc2)C(c2ccccc2)=C1. The molecule has 0 nitrogen and oxygen atoms in total. The van der Waals surface area contributed by atoms with Gasteiger partial charge in [-0.05, 0) is 55.7 Å². The molecule has 0 heteroatoms. The minimum Gasteiger partial charge on any atom is -0.0685 e. The Morgan fingerprint density at radius 1 is 0.250 bits per heavy atom. The lowest BCUT2D eigenvalue weighted by Gasteiger charge is -2.34. The molecule has 48 heavy (non-hydrogen) atoms. The molecule has 0 fully saturated rings. The fraction of sp³-hybridized carbons (Fsp3) is 0.0833. The van der Waals surface area contributed by atoms with E-state index in [2.05, 4.69) is 206 Å². The van der Waals surface area contributed by atoms with Gasteiger partial charge in [0.15, 0.2) is 0 Å². The first-order valence-corrected chi connectivity index (χ1v) is 17.0. The largest absolute Gasteiger partial charge is 0.0685 e. The quantitative estimate of drug-likeness (QED) is 0.152. The molecule has 0 saturated heterocycles. The Morgan fingerprint density at radius 2 is 0.458 bits per heavy atom. The molecule has 0 aromatic heterocycles. The third-order valence-electron chi connectivity index (χ3n) is 9.94. The van der Waals surface area contributed by atoms with Crippen molar-refractivity contribution in [1.29, 1.82) is 0 Å². The van der Waals surface area contributed by atoms with E-state index < -0.39 is 0 Å². The molecule has 0 heterocycles. The first-order chi connectivity index (χ1) is 23.8. The molecule has 8 rings (SSSR count). The third kappa shape index (κ3) is 5.94. The van der Waals surface area contributed by atoms with Crippen LogP contribution in [0.2, 0.25) is 0 Å². The Morgan fingerprint density at radius 3 is 0.688 bits per heavy atom. The molecule has 0 N–H and O–H groups in total. The average molecular weight is 615 g/mol. The highest BCUT2D eigenvalue weighted by Gasteiger charge is 2.38. The van der Waals surface area contributed by atoms with Crippen LogP contribution in [0.3, 0.4) is 0 Å². The van der Waals surface area contributed by atoms with Crippen molar-refractivity contribution in [2.45, 2.75) is 11.8 Å². The average Bonchev–Trinajstić information content (AvgIpc) is 3.82. The van der Waals surface area contributed by atoms with E-state index in [9.17, 15) is 0 Å². The maximum Gasteiger partial charge on any atom is 0.00404 e. The molecule has 2 aliphatic carbocycles. The van der Waals surface area contributed by atoms with Gasteiger partial charge in [0, 0.05) is 23.7 Å². The normalized spacial score (nSPS) is 16.1. The van der Waals surface area contributed by atoms with Crippen molar-refractivity contribution in [1.82, 2.24) is 0 Å². The molecule has 0 saturated carbocycles. The van der Waals surface area contributed by atoms with Crippen molar-refractivity contribution in [2.24, 2.45) is 11.8 Å². The van der Waals surface area contributed by atoms with Gasteiger partial charge in [0.2, 0.25) is 0 Å². The summed E-state index contributed by atoms with van der Waals surface area (Å²) in [4.78, 5) is 0. The molecule has 2 atom stereocenters. The van der Waals surface area contributed by atoms with Crippen molar-refractivity contribution < 1.29 is 0 Å². The molecular weight excluding hydrogens is 577 g/mol. The first-order valence-electron chi connectivity index (χ1n) is 17.0. The third-order valence-corrected chi connectivity index (χ3v) is 9.94. The van der Waals surface area contributed by atoms with Crippen LogP contribution in [0.4, 0.5) is 0 Å². The van der Waals surface area contributed by atoms with Gasteiger partial charge in [0.25, 0.3) is 0 Å². The number of rotatable bonds is 9. The van der Waals surface area contributed by atoms with Gasteiger partial charge in [-0.25, -0.2) is 0 Å². The Bertz CT molecular complexity index is 1820. The van der Waals surface area contributed by atoms with Crippen LogP contribution in [-0.4, -0.2) is 0 Å². The Balaban J connectivity index is 1.33. The van der Waals surface area contributed by atoms with Crippen LogP contribution in [0.25, 0.3) is 22.3 Å². The Hall–Kier alpha value is -5.72. The second-order valence-corrected chi connectivity index (χ2v) is 12.8. The Kier molecular flexibility index (Phi) is 8.38. The molecule has 0 spiro atoms. The van der Waals surface area contributed by atoms with Gasteiger partial charge < -0.3 is 0 Å². The van der Waals surface area contributed by atoms with E-state index in [0.29, 0.717) is 0 Å². The summed E-state index contributed by atoms with van der Waals surface area (Å²) in [5, 5.41) is 0.